The molecule has 12 heteroatoms. The Bertz CT molecular complexity index is 1310. The second-order valence-electron chi connectivity index (χ2n) is 10.9. The second kappa shape index (κ2) is 15.5. The molecule has 12 nitrogen and oxygen atoms in total. The SMILES string of the molecule is COc1ccc(CNc2nc(Nc3ccc(C(=O)NCCOCCOCCN)cc3)nc(NC3CC4CCC3C4)n2)cc1. The van der Waals surface area contributed by atoms with Crippen LogP contribution in [0, 0.1) is 11.8 Å². The van der Waals surface area contributed by atoms with E-state index in [1.165, 1.54) is 19.3 Å². The van der Waals surface area contributed by atoms with Crippen LogP contribution in [-0.2, 0) is 16.0 Å². The molecule has 1 heterocycles. The average Bonchev–Trinajstić information content (AvgIpc) is 3.65. The lowest BCUT2D eigenvalue weighted by atomic mass is 9.95. The van der Waals surface area contributed by atoms with E-state index in [0.29, 0.717) is 81.4 Å². The summed E-state index contributed by atoms with van der Waals surface area (Å²) in [6.07, 6.45) is 5.03. The number of carbonyl (C=O) groups excluding carboxylic acids is 1. The number of benzene rings is 2. The second-order valence-corrected chi connectivity index (χ2v) is 10.9. The van der Waals surface area contributed by atoms with Crippen molar-refractivity contribution in [3.05, 3.63) is 59.7 Å². The van der Waals surface area contributed by atoms with E-state index in [4.69, 9.17) is 19.9 Å². The first kappa shape index (κ1) is 30.5. The number of ether oxygens (including phenoxy) is 3. The van der Waals surface area contributed by atoms with Crippen molar-refractivity contribution < 1.29 is 19.0 Å². The first-order valence-electron chi connectivity index (χ1n) is 15.0. The maximum absolute atomic E-state index is 12.5. The number of methoxy groups -OCH3 is 1. The van der Waals surface area contributed by atoms with Gasteiger partial charge in [0.15, 0.2) is 0 Å². The highest BCUT2D eigenvalue weighted by atomic mass is 16.5. The molecule has 2 aliphatic carbocycles. The molecule has 2 saturated carbocycles. The summed E-state index contributed by atoms with van der Waals surface area (Å²) in [5, 5.41) is 13.1. The molecule has 2 aliphatic rings. The molecule has 0 spiro atoms. The molecular weight excluding hydrogens is 548 g/mol. The summed E-state index contributed by atoms with van der Waals surface area (Å²) >= 11 is 0. The third-order valence-corrected chi connectivity index (χ3v) is 7.87. The monoisotopic (exact) mass is 590 g/mol. The Balaban J connectivity index is 1.18. The molecule has 0 radical (unpaired) electrons. The molecule has 1 amide bonds. The fourth-order valence-electron chi connectivity index (χ4n) is 5.67. The van der Waals surface area contributed by atoms with E-state index in [9.17, 15) is 4.79 Å². The van der Waals surface area contributed by atoms with Crippen molar-refractivity contribution in [2.24, 2.45) is 17.6 Å². The van der Waals surface area contributed by atoms with Gasteiger partial charge in [0, 0.05) is 36.9 Å². The molecule has 0 saturated heterocycles. The Hall–Kier alpha value is -4.00. The molecule has 230 valence electrons. The number of anilines is 4. The molecule has 1 aromatic heterocycles. The minimum atomic E-state index is -0.169. The molecule has 0 aliphatic heterocycles. The van der Waals surface area contributed by atoms with Crippen LogP contribution < -0.4 is 31.7 Å². The van der Waals surface area contributed by atoms with Gasteiger partial charge in [-0.25, -0.2) is 0 Å². The van der Waals surface area contributed by atoms with Crippen molar-refractivity contribution in [2.75, 3.05) is 62.6 Å². The van der Waals surface area contributed by atoms with Gasteiger partial charge >= 0.3 is 0 Å². The summed E-state index contributed by atoms with van der Waals surface area (Å²) in [4.78, 5) is 26.5. The Labute approximate surface area is 252 Å². The Morgan fingerprint density at radius 2 is 1.63 bits per heavy atom. The number of nitrogens with zero attached hydrogens (tertiary/aromatic N) is 3. The van der Waals surface area contributed by atoms with Crippen LogP contribution in [0.4, 0.5) is 23.5 Å². The Morgan fingerprint density at radius 1 is 0.884 bits per heavy atom. The van der Waals surface area contributed by atoms with Gasteiger partial charge in [-0.2, -0.15) is 15.0 Å². The number of hydrogen-bond acceptors (Lipinski definition) is 11. The van der Waals surface area contributed by atoms with Crippen LogP contribution in [0.2, 0.25) is 0 Å². The van der Waals surface area contributed by atoms with Crippen LogP contribution in [0.15, 0.2) is 48.5 Å². The Morgan fingerprint density at radius 3 is 2.33 bits per heavy atom. The number of nitrogens with two attached hydrogens (primary N) is 1. The van der Waals surface area contributed by atoms with Gasteiger partial charge in [-0.3, -0.25) is 4.79 Å². The van der Waals surface area contributed by atoms with Crippen molar-refractivity contribution in [1.82, 2.24) is 20.3 Å². The molecule has 2 bridgehead atoms. The van der Waals surface area contributed by atoms with E-state index in [2.05, 4.69) is 36.2 Å². The van der Waals surface area contributed by atoms with Crippen LogP contribution in [-0.4, -0.2) is 73.5 Å². The van der Waals surface area contributed by atoms with Gasteiger partial charge in [-0.15, -0.1) is 0 Å². The number of fused-ring (bicyclic) bond motifs is 2. The van der Waals surface area contributed by atoms with E-state index in [-0.39, 0.29) is 5.91 Å². The van der Waals surface area contributed by atoms with Crippen LogP contribution in [0.3, 0.4) is 0 Å². The minimum Gasteiger partial charge on any atom is -0.497 e. The number of amides is 1. The normalized spacial score (nSPS) is 18.8. The predicted molar refractivity (Wildman–Crippen MR) is 166 cm³/mol. The maximum atomic E-state index is 12.5. The van der Waals surface area contributed by atoms with Gasteiger partial charge in [-0.1, -0.05) is 18.6 Å². The highest BCUT2D eigenvalue weighted by Crippen LogP contribution is 2.45. The molecule has 3 aromatic rings. The summed E-state index contributed by atoms with van der Waals surface area (Å²) in [7, 11) is 1.65. The third kappa shape index (κ3) is 8.99. The smallest absolute Gasteiger partial charge is 0.251 e. The first-order chi connectivity index (χ1) is 21.1. The fourth-order valence-corrected chi connectivity index (χ4v) is 5.67. The molecule has 43 heavy (non-hydrogen) atoms. The van der Waals surface area contributed by atoms with Crippen molar-refractivity contribution in [2.45, 2.75) is 38.3 Å². The number of carbonyl (C=O) groups is 1. The lowest BCUT2D eigenvalue weighted by molar-refractivity contribution is 0.0511. The topological polar surface area (TPSA) is 158 Å². The molecular formula is C31H42N8O4. The molecule has 3 unspecified atom stereocenters. The highest BCUT2D eigenvalue weighted by molar-refractivity contribution is 5.94. The summed E-state index contributed by atoms with van der Waals surface area (Å²) in [6, 6.07) is 15.4. The van der Waals surface area contributed by atoms with E-state index in [0.717, 1.165) is 29.3 Å². The van der Waals surface area contributed by atoms with Crippen molar-refractivity contribution >= 4 is 29.4 Å². The third-order valence-electron chi connectivity index (χ3n) is 7.87. The zero-order valence-corrected chi connectivity index (χ0v) is 24.7. The van der Waals surface area contributed by atoms with E-state index in [1.54, 1.807) is 19.2 Å². The van der Waals surface area contributed by atoms with Gasteiger partial charge in [0.1, 0.15) is 5.75 Å². The van der Waals surface area contributed by atoms with Crippen LogP contribution in [0.25, 0.3) is 0 Å². The lowest BCUT2D eigenvalue weighted by Crippen LogP contribution is -2.27. The van der Waals surface area contributed by atoms with Crippen LogP contribution >= 0.6 is 0 Å². The van der Waals surface area contributed by atoms with Gasteiger partial charge in [0.05, 0.1) is 33.5 Å². The molecule has 6 N–H and O–H groups in total. The fraction of sp³-hybridized carbons (Fsp3) is 0.484. The van der Waals surface area contributed by atoms with Gasteiger partial charge in [-0.05, 0) is 73.1 Å². The number of nitrogens with one attached hydrogen (secondary N) is 4. The van der Waals surface area contributed by atoms with Gasteiger partial charge < -0.3 is 41.2 Å². The van der Waals surface area contributed by atoms with Crippen LogP contribution in [0.5, 0.6) is 5.75 Å². The number of hydrogen-bond donors (Lipinski definition) is 5. The zero-order valence-electron chi connectivity index (χ0n) is 24.7. The summed E-state index contributed by atoms with van der Waals surface area (Å²) in [5.41, 5.74) is 7.77. The lowest BCUT2D eigenvalue weighted by Gasteiger charge is -2.23. The van der Waals surface area contributed by atoms with E-state index >= 15 is 0 Å². The Kier molecular flexibility index (Phi) is 11.0. The predicted octanol–water partition coefficient (Wildman–Crippen LogP) is 3.56. The summed E-state index contributed by atoms with van der Waals surface area (Å²) < 4.78 is 16.0. The molecule has 2 fully saturated rings. The van der Waals surface area contributed by atoms with Gasteiger partial charge in [0.2, 0.25) is 17.8 Å². The van der Waals surface area contributed by atoms with Crippen molar-refractivity contribution in [3.63, 3.8) is 0 Å². The zero-order chi connectivity index (χ0) is 29.9. The molecule has 5 rings (SSSR count). The largest absolute Gasteiger partial charge is 0.497 e. The summed E-state index contributed by atoms with van der Waals surface area (Å²) in [6.45, 7) is 3.32. The maximum Gasteiger partial charge on any atom is 0.251 e. The number of aromatic nitrogens is 3. The number of rotatable bonds is 17. The highest BCUT2D eigenvalue weighted by Gasteiger charge is 2.39. The average molecular weight is 591 g/mol. The first-order valence-corrected chi connectivity index (χ1v) is 15.0. The van der Waals surface area contributed by atoms with E-state index in [1.807, 2.05) is 36.4 Å². The van der Waals surface area contributed by atoms with Crippen molar-refractivity contribution in [3.8, 4) is 5.75 Å². The van der Waals surface area contributed by atoms with Gasteiger partial charge in [0.25, 0.3) is 5.91 Å². The molecule has 3 atom stereocenters. The minimum absolute atomic E-state index is 0.169. The van der Waals surface area contributed by atoms with E-state index < -0.39 is 0 Å². The standard InChI is InChI=1S/C31H42N8O4/c1-41-26-10-3-21(4-11-26)20-34-29-37-30(39-31(38-29)36-27-19-22-2-5-24(27)18-22)35-25-8-6-23(7-9-25)28(40)33-13-15-43-17-16-42-14-12-32/h3-4,6-11,22,24,27H,2,5,12-20,32H2,1H3,(H,33,40)(H3,34,35,36,37,38,39). The van der Waals surface area contributed by atoms with Crippen LogP contribution in [0.1, 0.15) is 41.6 Å². The summed E-state index contributed by atoms with van der Waals surface area (Å²) in [5.74, 6) is 3.57. The van der Waals surface area contributed by atoms with Crippen molar-refractivity contribution in [1.29, 1.82) is 0 Å². The molecule has 2 aromatic carbocycles. The quantitative estimate of drug-likeness (QED) is 0.146.